The lowest BCUT2D eigenvalue weighted by atomic mass is 10.1. The monoisotopic (exact) mass is 322 g/mol. The van der Waals surface area contributed by atoms with Gasteiger partial charge >= 0.3 is 0 Å². The second-order valence-electron chi connectivity index (χ2n) is 5.72. The van der Waals surface area contributed by atoms with Crippen LogP contribution in [0.3, 0.4) is 0 Å². The highest BCUT2D eigenvalue weighted by molar-refractivity contribution is 5.31. The zero-order chi connectivity index (χ0) is 16.8. The van der Waals surface area contributed by atoms with Gasteiger partial charge in [-0.25, -0.2) is 4.98 Å². The molecule has 1 aromatic heterocycles. The van der Waals surface area contributed by atoms with Crippen LogP contribution in [0.2, 0.25) is 0 Å². The molecule has 2 aromatic carbocycles. The quantitative estimate of drug-likeness (QED) is 0.716. The molecule has 0 bridgehead atoms. The molecule has 3 aromatic rings. The van der Waals surface area contributed by atoms with Crippen LogP contribution >= 0.6 is 0 Å². The Morgan fingerprint density at radius 3 is 2.54 bits per heavy atom. The summed E-state index contributed by atoms with van der Waals surface area (Å²) in [6.07, 6.45) is 3.91. The number of rotatable bonds is 7. The molecule has 1 heterocycles. The number of hydrogen-bond acceptors (Lipinski definition) is 3. The lowest BCUT2D eigenvalue weighted by Gasteiger charge is -2.14. The summed E-state index contributed by atoms with van der Waals surface area (Å²) >= 11 is 0. The van der Waals surface area contributed by atoms with Gasteiger partial charge in [0.15, 0.2) is 0 Å². The number of aromatic nitrogens is 2. The lowest BCUT2D eigenvalue weighted by molar-refractivity contribution is 0.204. The standard InChI is InChI=1S/C20H22N2O2/c1-2-13-22-14-12-21-20(22)19(23)17-8-10-18(11-9-17)24-15-16-6-4-3-5-7-16/h3-12,14,19,23H,2,13,15H2,1H3. The largest absolute Gasteiger partial charge is 0.489 e. The molecule has 0 saturated heterocycles. The van der Waals surface area contributed by atoms with Crippen LogP contribution in [0.5, 0.6) is 5.75 Å². The van der Waals surface area contributed by atoms with Gasteiger partial charge in [-0.05, 0) is 29.7 Å². The summed E-state index contributed by atoms with van der Waals surface area (Å²) in [6.45, 7) is 3.49. The summed E-state index contributed by atoms with van der Waals surface area (Å²) in [5.74, 6) is 1.46. The molecule has 24 heavy (non-hydrogen) atoms. The molecule has 1 unspecified atom stereocenters. The fourth-order valence-corrected chi connectivity index (χ4v) is 2.63. The first-order valence-electron chi connectivity index (χ1n) is 8.23. The molecular weight excluding hydrogens is 300 g/mol. The molecule has 0 amide bonds. The molecule has 0 radical (unpaired) electrons. The summed E-state index contributed by atoms with van der Waals surface area (Å²) in [6, 6.07) is 17.6. The van der Waals surface area contributed by atoms with Crippen molar-refractivity contribution in [2.45, 2.75) is 32.6 Å². The van der Waals surface area contributed by atoms with E-state index in [1.165, 1.54) is 0 Å². The third kappa shape index (κ3) is 3.84. The van der Waals surface area contributed by atoms with Crippen molar-refractivity contribution in [3.8, 4) is 5.75 Å². The first-order chi connectivity index (χ1) is 11.8. The Morgan fingerprint density at radius 1 is 1.08 bits per heavy atom. The molecule has 3 rings (SSSR count). The van der Waals surface area contributed by atoms with E-state index in [0.29, 0.717) is 12.4 Å². The van der Waals surface area contributed by atoms with Crippen LogP contribution in [0.15, 0.2) is 67.0 Å². The number of aliphatic hydroxyl groups excluding tert-OH is 1. The van der Waals surface area contributed by atoms with Crippen LogP contribution in [0, 0.1) is 0 Å². The second-order valence-corrected chi connectivity index (χ2v) is 5.72. The summed E-state index contributed by atoms with van der Waals surface area (Å²) in [4.78, 5) is 4.29. The number of nitrogens with zero attached hydrogens (tertiary/aromatic N) is 2. The molecule has 4 heteroatoms. The molecule has 0 saturated carbocycles. The predicted molar refractivity (Wildman–Crippen MR) is 93.8 cm³/mol. The maximum Gasteiger partial charge on any atom is 0.142 e. The molecule has 1 N–H and O–H groups in total. The van der Waals surface area contributed by atoms with E-state index in [9.17, 15) is 5.11 Å². The Labute approximate surface area is 142 Å². The van der Waals surface area contributed by atoms with Gasteiger partial charge in [0.2, 0.25) is 0 Å². The van der Waals surface area contributed by atoms with Gasteiger partial charge in [0, 0.05) is 18.9 Å². The number of imidazole rings is 1. The van der Waals surface area contributed by atoms with Gasteiger partial charge < -0.3 is 14.4 Å². The molecule has 4 nitrogen and oxygen atoms in total. The van der Waals surface area contributed by atoms with Gasteiger partial charge in [0.25, 0.3) is 0 Å². The van der Waals surface area contributed by atoms with Gasteiger partial charge in [-0.1, -0.05) is 49.4 Å². The van der Waals surface area contributed by atoms with Gasteiger partial charge in [-0.15, -0.1) is 0 Å². The maximum absolute atomic E-state index is 10.6. The van der Waals surface area contributed by atoms with Crippen LogP contribution in [-0.4, -0.2) is 14.7 Å². The van der Waals surface area contributed by atoms with Crippen molar-refractivity contribution in [1.29, 1.82) is 0 Å². The van der Waals surface area contributed by atoms with Crippen molar-refractivity contribution in [3.05, 3.63) is 83.9 Å². The van der Waals surface area contributed by atoms with Crippen molar-refractivity contribution >= 4 is 0 Å². The number of aliphatic hydroxyl groups is 1. The van der Waals surface area contributed by atoms with E-state index in [1.54, 1.807) is 6.20 Å². The Morgan fingerprint density at radius 2 is 1.83 bits per heavy atom. The molecule has 124 valence electrons. The highest BCUT2D eigenvalue weighted by atomic mass is 16.5. The van der Waals surface area contributed by atoms with Crippen LogP contribution < -0.4 is 4.74 Å². The first-order valence-corrected chi connectivity index (χ1v) is 8.23. The van der Waals surface area contributed by atoms with Crippen LogP contribution in [0.4, 0.5) is 0 Å². The number of benzene rings is 2. The smallest absolute Gasteiger partial charge is 0.142 e. The van der Waals surface area contributed by atoms with E-state index in [2.05, 4.69) is 11.9 Å². The fourth-order valence-electron chi connectivity index (χ4n) is 2.63. The Balaban J connectivity index is 1.66. The molecule has 1 atom stereocenters. The van der Waals surface area contributed by atoms with Crippen molar-refractivity contribution in [3.63, 3.8) is 0 Å². The number of hydrogen-bond donors (Lipinski definition) is 1. The normalized spacial score (nSPS) is 12.1. The number of aryl methyl sites for hydroxylation is 1. The highest BCUT2D eigenvalue weighted by Gasteiger charge is 2.15. The molecule has 0 fully saturated rings. The first kappa shape index (κ1) is 16.3. The van der Waals surface area contributed by atoms with Crippen LogP contribution in [0.1, 0.15) is 36.4 Å². The third-order valence-electron chi connectivity index (χ3n) is 3.90. The third-order valence-corrected chi connectivity index (χ3v) is 3.90. The lowest BCUT2D eigenvalue weighted by Crippen LogP contribution is -2.09. The van der Waals surface area contributed by atoms with Crippen LogP contribution in [-0.2, 0) is 13.2 Å². The highest BCUT2D eigenvalue weighted by Crippen LogP contribution is 2.23. The summed E-state index contributed by atoms with van der Waals surface area (Å²) in [7, 11) is 0. The topological polar surface area (TPSA) is 47.3 Å². The average molecular weight is 322 g/mol. The Kier molecular flexibility index (Phi) is 5.29. The minimum Gasteiger partial charge on any atom is -0.489 e. The minimum atomic E-state index is -0.727. The summed E-state index contributed by atoms with van der Waals surface area (Å²) in [5, 5.41) is 10.6. The maximum atomic E-state index is 10.6. The van der Waals surface area contributed by atoms with Gasteiger partial charge in [0.05, 0.1) is 0 Å². The molecule has 0 aliphatic rings. The summed E-state index contributed by atoms with van der Waals surface area (Å²) in [5.41, 5.74) is 1.94. The predicted octanol–water partition coefficient (Wildman–Crippen LogP) is 3.95. The van der Waals surface area contributed by atoms with Crippen molar-refractivity contribution in [2.75, 3.05) is 0 Å². The van der Waals surface area contributed by atoms with E-state index in [1.807, 2.05) is 65.4 Å². The van der Waals surface area contributed by atoms with Gasteiger partial charge in [-0.3, -0.25) is 0 Å². The van der Waals surface area contributed by atoms with Gasteiger partial charge in [-0.2, -0.15) is 0 Å². The van der Waals surface area contributed by atoms with Gasteiger partial charge in [0.1, 0.15) is 24.3 Å². The Bertz CT molecular complexity index is 751. The summed E-state index contributed by atoms with van der Waals surface area (Å²) < 4.78 is 7.77. The molecular formula is C20H22N2O2. The van der Waals surface area contributed by atoms with Crippen LogP contribution in [0.25, 0.3) is 0 Å². The van der Waals surface area contributed by atoms with Crippen molar-refractivity contribution in [1.82, 2.24) is 9.55 Å². The van der Waals surface area contributed by atoms with E-state index < -0.39 is 6.10 Å². The number of ether oxygens (including phenoxy) is 1. The zero-order valence-electron chi connectivity index (χ0n) is 13.8. The zero-order valence-corrected chi connectivity index (χ0v) is 13.8. The second kappa shape index (κ2) is 7.79. The van der Waals surface area contributed by atoms with E-state index in [-0.39, 0.29) is 0 Å². The van der Waals surface area contributed by atoms with E-state index in [0.717, 1.165) is 29.8 Å². The SMILES string of the molecule is CCCn1ccnc1C(O)c1ccc(OCc2ccccc2)cc1. The van der Waals surface area contributed by atoms with Crippen molar-refractivity contribution < 1.29 is 9.84 Å². The van der Waals surface area contributed by atoms with E-state index in [4.69, 9.17) is 4.74 Å². The fraction of sp³-hybridized carbons (Fsp3) is 0.250. The van der Waals surface area contributed by atoms with Crippen molar-refractivity contribution in [2.24, 2.45) is 0 Å². The molecule has 0 aliphatic carbocycles. The Hall–Kier alpha value is -2.59. The molecule has 0 spiro atoms. The minimum absolute atomic E-state index is 0.531. The van der Waals surface area contributed by atoms with E-state index >= 15 is 0 Å². The average Bonchev–Trinajstić information content (AvgIpc) is 3.09. The molecule has 0 aliphatic heterocycles.